The Hall–Kier alpha value is -0.570. The van der Waals surface area contributed by atoms with Crippen molar-refractivity contribution in [3.8, 4) is 0 Å². The fourth-order valence-electron chi connectivity index (χ4n) is 2.84. The number of ether oxygens (including phenoxy) is 1. The molecule has 1 aliphatic carbocycles. The van der Waals surface area contributed by atoms with Gasteiger partial charge in [0, 0.05) is 6.04 Å². The molecule has 1 saturated carbocycles. The molecule has 0 aliphatic heterocycles. The Kier molecular flexibility index (Phi) is 6.69. The second-order valence-electron chi connectivity index (χ2n) is 5.74. The summed E-state index contributed by atoms with van der Waals surface area (Å²) in [5.74, 6) is 1.12. The second kappa shape index (κ2) is 7.78. The van der Waals surface area contributed by atoms with Gasteiger partial charge in [0.05, 0.1) is 6.61 Å². The molecule has 0 aromatic rings. The number of carbonyl (C=O) groups excluding carboxylic acids is 1. The Bertz CT molecular complexity index is 255. The van der Waals surface area contributed by atoms with Crippen LogP contribution in [0.2, 0.25) is 0 Å². The first-order valence-electron chi connectivity index (χ1n) is 7.51. The van der Waals surface area contributed by atoms with Gasteiger partial charge in [0.15, 0.2) is 0 Å². The van der Waals surface area contributed by atoms with Crippen molar-refractivity contribution in [3.05, 3.63) is 0 Å². The summed E-state index contributed by atoms with van der Waals surface area (Å²) in [5, 5.41) is 3.47. The van der Waals surface area contributed by atoms with E-state index in [0.717, 1.165) is 25.2 Å². The molecular weight excluding hydrogens is 226 g/mol. The van der Waals surface area contributed by atoms with E-state index in [0.29, 0.717) is 18.6 Å². The van der Waals surface area contributed by atoms with Crippen LogP contribution in [0.4, 0.5) is 0 Å². The van der Waals surface area contributed by atoms with Gasteiger partial charge in [0.2, 0.25) is 0 Å². The molecular formula is C15H29NO2. The Labute approximate surface area is 112 Å². The fraction of sp³-hybridized carbons (Fsp3) is 0.933. The van der Waals surface area contributed by atoms with Crippen molar-refractivity contribution >= 4 is 5.97 Å². The minimum atomic E-state index is -0.109. The van der Waals surface area contributed by atoms with Crippen molar-refractivity contribution in [2.24, 2.45) is 11.8 Å². The molecule has 0 radical (unpaired) electrons. The van der Waals surface area contributed by atoms with E-state index in [2.05, 4.69) is 26.1 Å². The number of carbonyl (C=O) groups is 1. The van der Waals surface area contributed by atoms with Crippen LogP contribution in [0.5, 0.6) is 0 Å². The van der Waals surface area contributed by atoms with Crippen LogP contribution < -0.4 is 5.32 Å². The standard InChI is InChI=1S/C15H29NO2/c1-5-12(4)16-14(15(17)18-6-2)13-9-7-8-11(3)10-13/h11-14,16H,5-10H2,1-4H3. The zero-order valence-electron chi connectivity index (χ0n) is 12.4. The average Bonchev–Trinajstić information content (AvgIpc) is 2.35. The smallest absolute Gasteiger partial charge is 0.323 e. The lowest BCUT2D eigenvalue weighted by Gasteiger charge is -2.33. The first-order chi connectivity index (χ1) is 8.58. The lowest BCUT2D eigenvalue weighted by Crippen LogP contribution is -2.48. The summed E-state index contributed by atoms with van der Waals surface area (Å²) in [6.45, 7) is 8.92. The van der Waals surface area contributed by atoms with Gasteiger partial charge in [-0.1, -0.05) is 26.7 Å². The molecule has 3 heteroatoms. The van der Waals surface area contributed by atoms with E-state index >= 15 is 0 Å². The molecule has 3 nitrogen and oxygen atoms in total. The number of nitrogens with one attached hydrogen (secondary N) is 1. The molecule has 1 rings (SSSR count). The molecule has 1 aliphatic rings. The molecule has 0 bridgehead atoms. The predicted molar refractivity (Wildman–Crippen MR) is 74.4 cm³/mol. The Balaban J connectivity index is 2.65. The van der Waals surface area contributed by atoms with Crippen LogP contribution in [-0.4, -0.2) is 24.7 Å². The molecule has 4 atom stereocenters. The third kappa shape index (κ3) is 4.60. The van der Waals surface area contributed by atoms with Gasteiger partial charge in [-0.25, -0.2) is 0 Å². The number of hydrogen-bond donors (Lipinski definition) is 1. The van der Waals surface area contributed by atoms with E-state index in [1.807, 2.05) is 6.92 Å². The zero-order chi connectivity index (χ0) is 13.5. The topological polar surface area (TPSA) is 38.3 Å². The minimum Gasteiger partial charge on any atom is -0.465 e. The molecule has 0 heterocycles. The van der Waals surface area contributed by atoms with Crippen LogP contribution in [-0.2, 0) is 9.53 Å². The van der Waals surface area contributed by atoms with Gasteiger partial charge in [0.25, 0.3) is 0 Å². The third-order valence-electron chi connectivity index (χ3n) is 4.07. The molecule has 0 spiro atoms. The average molecular weight is 255 g/mol. The van der Waals surface area contributed by atoms with Crippen molar-refractivity contribution in [2.75, 3.05) is 6.61 Å². The van der Waals surface area contributed by atoms with Crippen molar-refractivity contribution in [1.29, 1.82) is 0 Å². The number of hydrogen-bond acceptors (Lipinski definition) is 3. The molecule has 1 N–H and O–H groups in total. The quantitative estimate of drug-likeness (QED) is 0.741. The van der Waals surface area contributed by atoms with E-state index in [-0.39, 0.29) is 12.0 Å². The van der Waals surface area contributed by atoms with Gasteiger partial charge in [-0.2, -0.15) is 0 Å². The summed E-state index contributed by atoms with van der Waals surface area (Å²) >= 11 is 0. The third-order valence-corrected chi connectivity index (χ3v) is 4.07. The first kappa shape index (κ1) is 15.5. The maximum Gasteiger partial charge on any atom is 0.323 e. The molecule has 0 aromatic heterocycles. The largest absolute Gasteiger partial charge is 0.465 e. The predicted octanol–water partition coefficient (Wildman–Crippen LogP) is 3.13. The van der Waals surface area contributed by atoms with Crippen LogP contribution in [0.15, 0.2) is 0 Å². The van der Waals surface area contributed by atoms with Crippen LogP contribution in [0.1, 0.15) is 59.8 Å². The number of rotatable bonds is 6. The minimum absolute atomic E-state index is 0.0584. The SMILES string of the molecule is CCOC(=O)C(NC(C)CC)C1CCCC(C)C1. The number of esters is 1. The van der Waals surface area contributed by atoms with Crippen LogP contribution in [0.3, 0.4) is 0 Å². The molecule has 4 unspecified atom stereocenters. The van der Waals surface area contributed by atoms with E-state index in [4.69, 9.17) is 4.74 Å². The highest BCUT2D eigenvalue weighted by atomic mass is 16.5. The molecule has 1 fully saturated rings. The highest BCUT2D eigenvalue weighted by molar-refractivity contribution is 5.76. The van der Waals surface area contributed by atoms with Gasteiger partial charge in [-0.15, -0.1) is 0 Å². The summed E-state index contributed by atoms with van der Waals surface area (Å²) in [6.07, 6.45) is 5.88. The normalized spacial score (nSPS) is 27.6. The molecule has 0 saturated heterocycles. The van der Waals surface area contributed by atoms with Crippen molar-refractivity contribution in [3.63, 3.8) is 0 Å². The fourth-order valence-corrected chi connectivity index (χ4v) is 2.84. The summed E-state index contributed by atoms with van der Waals surface area (Å²) in [7, 11) is 0. The highest BCUT2D eigenvalue weighted by Crippen LogP contribution is 2.31. The van der Waals surface area contributed by atoms with Gasteiger partial charge >= 0.3 is 5.97 Å². The van der Waals surface area contributed by atoms with Crippen molar-refractivity contribution in [1.82, 2.24) is 5.32 Å². The van der Waals surface area contributed by atoms with Gasteiger partial charge in [-0.3, -0.25) is 4.79 Å². The molecule has 106 valence electrons. The Morgan fingerprint density at radius 2 is 2.11 bits per heavy atom. The molecule has 18 heavy (non-hydrogen) atoms. The van der Waals surface area contributed by atoms with E-state index < -0.39 is 0 Å². The summed E-state index contributed by atoms with van der Waals surface area (Å²) in [5.41, 5.74) is 0. The van der Waals surface area contributed by atoms with Crippen LogP contribution >= 0.6 is 0 Å². The molecule has 0 aromatic carbocycles. The monoisotopic (exact) mass is 255 g/mol. The first-order valence-corrected chi connectivity index (χ1v) is 7.51. The second-order valence-corrected chi connectivity index (χ2v) is 5.74. The Morgan fingerprint density at radius 1 is 1.39 bits per heavy atom. The van der Waals surface area contributed by atoms with Crippen LogP contribution in [0, 0.1) is 11.8 Å². The van der Waals surface area contributed by atoms with E-state index in [1.165, 1.54) is 12.8 Å². The van der Waals surface area contributed by atoms with E-state index in [9.17, 15) is 4.79 Å². The maximum absolute atomic E-state index is 12.1. The molecule has 0 amide bonds. The van der Waals surface area contributed by atoms with Crippen molar-refractivity contribution in [2.45, 2.75) is 71.9 Å². The lowest BCUT2D eigenvalue weighted by molar-refractivity contribution is -0.148. The summed E-state index contributed by atoms with van der Waals surface area (Å²) in [4.78, 5) is 12.1. The van der Waals surface area contributed by atoms with Gasteiger partial charge in [0.1, 0.15) is 6.04 Å². The summed E-state index contributed by atoms with van der Waals surface area (Å²) < 4.78 is 5.24. The maximum atomic E-state index is 12.1. The van der Waals surface area contributed by atoms with Crippen LogP contribution in [0.25, 0.3) is 0 Å². The van der Waals surface area contributed by atoms with E-state index in [1.54, 1.807) is 0 Å². The van der Waals surface area contributed by atoms with Crippen molar-refractivity contribution < 1.29 is 9.53 Å². The Morgan fingerprint density at radius 3 is 2.67 bits per heavy atom. The highest BCUT2D eigenvalue weighted by Gasteiger charge is 2.33. The van der Waals surface area contributed by atoms with Gasteiger partial charge < -0.3 is 10.1 Å². The lowest BCUT2D eigenvalue weighted by atomic mass is 9.78. The zero-order valence-corrected chi connectivity index (χ0v) is 12.4. The van der Waals surface area contributed by atoms with Gasteiger partial charge in [-0.05, 0) is 44.9 Å². The summed E-state index contributed by atoms with van der Waals surface area (Å²) in [6, 6.07) is 0.263.